The predicted molar refractivity (Wildman–Crippen MR) is 57.8 cm³/mol. The SMILES string of the molecule is CCC(C)CC(N)c1ncc(C)cn1. The summed E-state index contributed by atoms with van der Waals surface area (Å²) in [4.78, 5) is 8.46. The van der Waals surface area contributed by atoms with Crippen LogP contribution < -0.4 is 5.73 Å². The lowest BCUT2D eigenvalue weighted by atomic mass is 9.99. The van der Waals surface area contributed by atoms with Gasteiger partial charge in [0.25, 0.3) is 0 Å². The Morgan fingerprint density at radius 3 is 2.43 bits per heavy atom. The first-order valence-electron chi connectivity index (χ1n) is 5.17. The minimum Gasteiger partial charge on any atom is -0.321 e. The molecule has 3 nitrogen and oxygen atoms in total. The third-order valence-electron chi connectivity index (χ3n) is 2.49. The largest absolute Gasteiger partial charge is 0.321 e. The summed E-state index contributed by atoms with van der Waals surface area (Å²) in [5.74, 6) is 1.39. The number of nitrogens with zero attached hydrogens (tertiary/aromatic N) is 2. The lowest BCUT2D eigenvalue weighted by molar-refractivity contribution is 0.449. The molecule has 2 atom stereocenters. The normalized spacial score (nSPS) is 15.1. The van der Waals surface area contributed by atoms with E-state index >= 15 is 0 Å². The van der Waals surface area contributed by atoms with E-state index < -0.39 is 0 Å². The molecule has 0 saturated heterocycles. The fourth-order valence-electron chi connectivity index (χ4n) is 1.30. The molecular formula is C11H19N3. The summed E-state index contributed by atoms with van der Waals surface area (Å²) >= 11 is 0. The van der Waals surface area contributed by atoms with Gasteiger partial charge in [0, 0.05) is 12.4 Å². The lowest BCUT2D eigenvalue weighted by Gasteiger charge is -2.14. The highest BCUT2D eigenvalue weighted by Gasteiger charge is 2.11. The van der Waals surface area contributed by atoms with E-state index in [0.29, 0.717) is 5.92 Å². The maximum Gasteiger partial charge on any atom is 0.144 e. The monoisotopic (exact) mass is 193 g/mol. The van der Waals surface area contributed by atoms with Crippen LogP contribution >= 0.6 is 0 Å². The second kappa shape index (κ2) is 5.05. The van der Waals surface area contributed by atoms with Gasteiger partial charge < -0.3 is 5.73 Å². The van der Waals surface area contributed by atoms with Gasteiger partial charge in [-0.15, -0.1) is 0 Å². The molecule has 1 aromatic heterocycles. The van der Waals surface area contributed by atoms with Crippen LogP contribution in [0.2, 0.25) is 0 Å². The summed E-state index contributed by atoms with van der Waals surface area (Å²) in [5.41, 5.74) is 7.07. The van der Waals surface area contributed by atoms with Crippen LogP contribution in [0.4, 0.5) is 0 Å². The van der Waals surface area contributed by atoms with Crippen LogP contribution in [0.25, 0.3) is 0 Å². The zero-order valence-electron chi connectivity index (χ0n) is 9.20. The quantitative estimate of drug-likeness (QED) is 0.797. The Bertz CT molecular complexity index is 268. The molecule has 1 rings (SSSR count). The van der Waals surface area contributed by atoms with Crippen LogP contribution in [-0.4, -0.2) is 9.97 Å². The molecule has 0 aliphatic heterocycles. The maximum absolute atomic E-state index is 6.00. The topological polar surface area (TPSA) is 51.8 Å². The van der Waals surface area contributed by atoms with E-state index in [1.165, 1.54) is 0 Å². The van der Waals surface area contributed by atoms with Crippen molar-refractivity contribution < 1.29 is 0 Å². The molecule has 0 aliphatic carbocycles. The number of hydrogen-bond acceptors (Lipinski definition) is 3. The summed E-state index contributed by atoms with van der Waals surface area (Å²) in [6, 6.07) is -0.0226. The van der Waals surface area contributed by atoms with Gasteiger partial charge in [0.15, 0.2) is 0 Å². The Balaban J connectivity index is 2.60. The van der Waals surface area contributed by atoms with Gasteiger partial charge in [0.1, 0.15) is 5.82 Å². The highest BCUT2D eigenvalue weighted by Crippen LogP contribution is 2.17. The van der Waals surface area contributed by atoms with Crippen LogP contribution in [-0.2, 0) is 0 Å². The van der Waals surface area contributed by atoms with E-state index in [2.05, 4.69) is 23.8 Å². The van der Waals surface area contributed by atoms with Crippen molar-refractivity contribution in [2.45, 2.75) is 39.7 Å². The Labute approximate surface area is 85.8 Å². The number of nitrogens with two attached hydrogens (primary N) is 1. The first-order chi connectivity index (χ1) is 6.63. The summed E-state index contributed by atoms with van der Waals surface area (Å²) < 4.78 is 0. The second-order valence-electron chi connectivity index (χ2n) is 3.97. The van der Waals surface area contributed by atoms with E-state index in [1.807, 2.05) is 19.3 Å². The molecule has 0 radical (unpaired) electrons. The summed E-state index contributed by atoms with van der Waals surface area (Å²) in [7, 11) is 0. The molecule has 14 heavy (non-hydrogen) atoms. The average molecular weight is 193 g/mol. The van der Waals surface area contributed by atoms with Gasteiger partial charge >= 0.3 is 0 Å². The first-order valence-corrected chi connectivity index (χ1v) is 5.17. The number of aryl methyl sites for hydroxylation is 1. The van der Waals surface area contributed by atoms with Gasteiger partial charge in [-0.25, -0.2) is 9.97 Å². The molecule has 3 heteroatoms. The van der Waals surface area contributed by atoms with Crippen molar-refractivity contribution in [1.82, 2.24) is 9.97 Å². The zero-order valence-corrected chi connectivity index (χ0v) is 9.20. The molecule has 1 heterocycles. The fraction of sp³-hybridized carbons (Fsp3) is 0.636. The van der Waals surface area contributed by atoms with Gasteiger partial charge in [0.05, 0.1) is 6.04 Å². The molecule has 78 valence electrons. The molecule has 1 aromatic rings. The van der Waals surface area contributed by atoms with Crippen LogP contribution in [0.1, 0.15) is 44.1 Å². The van der Waals surface area contributed by atoms with Crippen LogP contribution in [0.5, 0.6) is 0 Å². The van der Waals surface area contributed by atoms with E-state index in [1.54, 1.807) is 0 Å². The molecule has 0 saturated carbocycles. The van der Waals surface area contributed by atoms with Crippen molar-refractivity contribution in [2.75, 3.05) is 0 Å². The number of aromatic nitrogens is 2. The van der Waals surface area contributed by atoms with Gasteiger partial charge in [0.2, 0.25) is 0 Å². The van der Waals surface area contributed by atoms with Crippen LogP contribution in [0, 0.1) is 12.8 Å². The third kappa shape index (κ3) is 3.07. The Morgan fingerprint density at radius 1 is 1.36 bits per heavy atom. The molecule has 0 aliphatic rings. The average Bonchev–Trinajstić information content (AvgIpc) is 2.18. The Kier molecular flexibility index (Phi) is 4.01. The number of rotatable bonds is 4. The van der Waals surface area contributed by atoms with E-state index in [4.69, 9.17) is 5.73 Å². The highest BCUT2D eigenvalue weighted by molar-refractivity contribution is 5.04. The van der Waals surface area contributed by atoms with Crippen molar-refractivity contribution in [3.8, 4) is 0 Å². The standard InChI is InChI=1S/C11H19N3/c1-4-8(2)5-10(12)11-13-6-9(3)7-14-11/h6-8,10H,4-5,12H2,1-3H3. The Hall–Kier alpha value is -0.960. The highest BCUT2D eigenvalue weighted by atomic mass is 14.9. The first kappa shape index (κ1) is 11.1. The molecule has 2 unspecified atom stereocenters. The minimum absolute atomic E-state index is 0.0226. The van der Waals surface area contributed by atoms with Crippen molar-refractivity contribution in [3.63, 3.8) is 0 Å². The van der Waals surface area contributed by atoms with E-state index in [0.717, 1.165) is 24.2 Å². The van der Waals surface area contributed by atoms with Crippen molar-refractivity contribution >= 4 is 0 Å². The van der Waals surface area contributed by atoms with Crippen molar-refractivity contribution in [2.24, 2.45) is 11.7 Å². The minimum atomic E-state index is -0.0226. The van der Waals surface area contributed by atoms with Gasteiger partial charge in [-0.3, -0.25) is 0 Å². The van der Waals surface area contributed by atoms with Gasteiger partial charge in [-0.2, -0.15) is 0 Å². The fourth-order valence-corrected chi connectivity index (χ4v) is 1.30. The lowest BCUT2D eigenvalue weighted by Crippen LogP contribution is -2.16. The molecule has 0 fully saturated rings. The van der Waals surface area contributed by atoms with E-state index in [9.17, 15) is 0 Å². The number of hydrogen-bond donors (Lipinski definition) is 1. The summed E-state index contributed by atoms with van der Waals surface area (Å²) in [5, 5.41) is 0. The van der Waals surface area contributed by atoms with Gasteiger partial charge in [-0.1, -0.05) is 20.3 Å². The Morgan fingerprint density at radius 2 is 1.93 bits per heavy atom. The zero-order chi connectivity index (χ0) is 10.6. The summed E-state index contributed by atoms with van der Waals surface area (Å²) in [6.07, 6.45) is 5.75. The molecule has 0 bridgehead atoms. The van der Waals surface area contributed by atoms with Crippen LogP contribution in [0.3, 0.4) is 0 Å². The molecule has 0 spiro atoms. The van der Waals surface area contributed by atoms with Gasteiger partial charge in [-0.05, 0) is 24.8 Å². The second-order valence-corrected chi connectivity index (χ2v) is 3.97. The molecular weight excluding hydrogens is 174 g/mol. The molecule has 0 amide bonds. The third-order valence-corrected chi connectivity index (χ3v) is 2.49. The maximum atomic E-state index is 6.00. The molecule has 0 aromatic carbocycles. The molecule has 2 N–H and O–H groups in total. The van der Waals surface area contributed by atoms with E-state index in [-0.39, 0.29) is 6.04 Å². The smallest absolute Gasteiger partial charge is 0.144 e. The van der Waals surface area contributed by atoms with Crippen molar-refractivity contribution in [1.29, 1.82) is 0 Å². The summed E-state index contributed by atoms with van der Waals surface area (Å²) in [6.45, 7) is 6.35. The van der Waals surface area contributed by atoms with Crippen LogP contribution in [0.15, 0.2) is 12.4 Å². The predicted octanol–water partition coefficient (Wildman–Crippen LogP) is 2.22. The van der Waals surface area contributed by atoms with Crippen molar-refractivity contribution in [3.05, 3.63) is 23.8 Å².